The number of nitrogens with zero attached hydrogens (tertiary/aromatic N) is 2. The van der Waals surface area contributed by atoms with Gasteiger partial charge in [-0.25, -0.2) is 0 Å². The standard InChI is InChI=1S/C16H12N2O8/c1-2-6-5-9(20)12-13(14(6)18(25)26)16(22)11-8(19)4-3-7(17(23)24)10(11)15(12)21/h3-5,12-13,19-20H,2H2,1H3. The van der Waals surface area contributed by atoms with Crippen LogP contribution in [0.2, 0.25) is 0 Å². The Morgan fingerprint density at radius 2 is 1.62 bits per heavy atom. The van der Waals surface area contributed by atoms with Crippen molar-refractivity contribution in [2.75, 3.05) is 0 Å². The van der Waals surface area contributed by atoms with Gasteiger partial charge in [0, 0.05) is 11.6 Å². The summed E-state index contributed by atoms with van der Waals surface area (Å²) in [5.41, 5.74) is -2.47. The molecule has 0 amide bonds. The van der Waals surface area contributed by atoms with Crippen LogP contribution in [0.5, 0.6) is 5.75 Å². The molecule has 10 nitrogen and oxygen atoms in total. The van der Waals surface area contributed by atoms with Crippen LogP contribution in [0.15, 0.2) is 35.2 Å². The second-order valence-electron chi connectivity index (χ2n) is 5.89. The summed E-state index contributed by atoms with van der Waals surface area (Å²) < 4.78 is 0. The number of fused-ring (bicyclic) bond motifs is 2. The molecule has 134 valence electrons. The number of ketones is 2. The van der Waals surface area contributed by atoms with E-state index in [-0.39, 0.29) is 12.0 Å². The number of allylic oxidation sites excluding steroid dienone is 4. The second-order valence-corrected chi connectivity index (χ2v) is 5.89. The molecule has 0 fully saturated rings. The van der Waals surface area contributed by atoms with Crippen molar-refractivity contribution in [3.63, 3.8) is 0 Å². The summed E-state index contributed by atoms with van der Waals surface area (Å²) in [5, 5.41) is 42.9. The van der Waals surface area contributed by atoms with Crippen molar-refractivity contribution in [3.05, 3.63) is 66.6 Å². The first-order chi connectivity index (χ1) is 12.2. The molecule has 0 aromatic heterocycles. The first-order valence-electron chi connectivity index (χ1n) is 7.57. The highest BCUT2D eigenvalue weighted by molar-refractivity contribution is 6.21. The summed E-state index contributed by atoms with van der Waals surface area (Å²) in [6, 6.07) is 1.75. The molecule has 2 unspecified atom stereocenters. The maximum absolute atomic E-state index is 12.9. The molecule has 2 aliphatic carbocycles. The lowest BCUT2D eigenvalue weighted by Crippen LogP contribution is -2.42. The van der Waals surface area contributed by atoms with Gasteiger partial charge in [0.2, 0.25) is 0 Å². The van der Waals surface area contributed by atoms with Gasteiger partial charge in [-0.2, -0.15) is 0 Å². The summed E-state index contributed by atoms with van der Waals surface area (Å²) in [4.78, 5) is 46.8. The third-order valence-electron chi connectivity index (χ3n) is 4.59. The zero-order valence-electron chi connectivity index (χ0n) is 13.3. The van der Waals surface area contributed by atoms with Crippen molar-refractivity contribution in [3.8, 4) is 5.75 Å². The molecule has 0 radical (unpaired) electrons. The maximum atomic E-state index is 12.9. The zero-order chi connectivity index (χ0) is 19.3. The molecule has 3 rings (SSSR count). The fourth-order valence-corrected chi connectivity index (χ4v) is 3.49. The number of carbonyl (C=O) groups excluding carboxylic acids is 2. The number of aromatic hydroxyl groups is 1. The van der Waals surface area contributed by atoms with E-state index in [0.717, 1.165) is 18.2 Å². The van der Waals surface area contributed by atoms with Crippen LogP contribution in [0, 0.1) is 32.1 Å². The predicted octanol–water partition coefficient (Wildman–Crippen LogP) is 2.31. The molecule has 0 saturated heterocycles. The van der Waals surface area contributed by atoms with E-state index >= 15 is 0 Å². The quantitative estimate of drug-likeness (QED) is 0.613. The number of aliphatic hydroxyl groups excluding tert-OH is 1. The molecule has 0 heterocycles. The van der Waals surface area contributed by atoms with Crippen molar-refractivity contribution < 1.29 is 29.6 Å². The van der Waals surface area contributed by atoms with Gasteiger partial charge in [-0.1, -0.05) is 6.92 Å². The molecular weight excluding hydrogens is 348 g/mol. The van der Waals surface area contributed by atoms with Crippen molar-refractivity contribution in [2.45, 2.75) is 13.3 Å². The van der Waals surface area contributed by atoms with Crippen LogP contribution in [-0.2, 0) is 0 Å². The average molecular weight is 360 g/mol. The molecule has 26 heavy (non-hydrogen) atoms. The molecule has 1 aromatic rings. The minimum Gasteiger partial charge on any atom is -0.511 e. The van der Waals surface area contributed by atoms with Gasteiger partial charge in [-0.15, -0.1) is 0 Å². The number of phenolic OH excluding ortho intramolecular Hbond substituents is 1. The Morgan fingerprint density at radius 3 is 2.15 bits per heavy atom. The number of benzene rings is 1. The monoisotopic (exact) mass is 360 g/mol. The van der Waals surface area contributed by atoms with Gasteiger partial charge in [0.15, 0.2) is 11.6 Å². The van der Waals surface area contributed by atoms with E-state index in [1.54, 1.807) is 6.92 Å². The summed E-state index contributed by atoms with van der Waals surface area (Å²) in [5.74, 6) is -6.57. The average Bonchev–Trinajstić information content (AvgIpc) is 2.57. The Morgan fingerprint density at radius 1 is 1.00 bits per heavy atom. The summed E-state index contributed by atoms with van der Waals surface area (Å²) in [7, 11) is 0. The van der Waals surface area contributed by atoms with E-state index in [1.165, 1.54) is 0 Å². The van der Waals surface area contributed by atoms with Crippen LogP contribution in [-0.4, -0.2) is 31.6 Å². The van der Waals surface area contributed by atoms with Crippen molar-refractivity contribution >= 4 is 17.3 Å². The SMILES string of the molecule is CCC1=C([N+](=O)[O-])C2C(=O)c3c(O)ccc([N+](=O)[O-])c3C(=O)C2C(O)=C1. The fourth-order valence-electron chi connectivity index (χ4n) is 3.49. The number of nitro benzene ring substituents is 1. The van der Waals surface area contributed by atoms with Crippen LogP contribution in [0.1, 0.15) is 34.1 Å². The number of phenols is 1. The van der Waals surface area contributed by atoms with Crippen LogP contribution in [0.25, 0.3) is 0 Å². The zero-order valence-corrected chi connectivity index (χ0v) is 13.3. The number of aliphatic hydroxyl groups is 1. The minimum absolute atomic E-state index is 0.0725. The lowest BCUT2D eigenvalue weighted by molar-refractivity contribution is -0.434. The third-order valence-corrected chi connectivity index (χ3v) is 4.59. The van der Waals surface area contributed by atoms with Gasteiger partial charge in [0.25, 0.3) is 11.4 Å². The van der Waals surface area contributed by atoms with E-state index in [2.05, 4.69) is 0 Å². The van der Waals surface area contributed by atoms with Gasteiger partial charge in [-0.3, -0.25) is 29.8 Å². The summed E-state index contributed by atoms with van der Waals surface area (Å²) in [6.45, 7) is 1.58. The Kier molecular flexibility index (Phi) is 3.82. The number of Topliss-reactive ketones (excluding diaryl/α,β-unsaturated/α-hetero) is 2. The van der Waals surface area contributed by atoms with E-state index in [4.69, 9.17) is 0 Å². The number of hydrogen-bond acceptors (Lipinski definition) is 8. The number of carbonyl (C=O) groups is 2. The van der Waals surface area contributed by atoms with Crippen LogP contribution in [0.3, 0.4) is 0 Å². The number of hydrogen-bond donors (Lipinski definition) is 2. The van der Waals surface area contributed by atoms with E-state index in [9.17, 15) is 40.0 Å². The normalized spacial score (nSPS) is 21.8. The van der Waals surface area contributed by atoms with Gasteiger partial charge in [0.05, 0.1) is 15.4 Å². The van der Waals surface area contributed by atoms with Gasteiger partial charge in [-0.05, 0) is 18.6 Å². The molecule has 2 N–H and O–H groups in total. The Balaban J connectivity index is 2.37. The molecule has 0 saturated carbocycles. The highest BCUT2D eigenvalue weighted by Crippen LogP contribution is 2.47. The lowest BCUT2D eigenvalue weighted by atomic mass is 9.68. The number of rotatable bonds is 3. The summed E-state index contributed by atoms with van der Waals surface area (Å²) in [6.07, 6.45) is 1.17. The first-order valence-corrected chi connectivity index (χ1v) is 7.57. The molecule has 0 aliphatic heterocycles. The third kappa shape index (κ3) is 2.19. The van der Waals surface area contributed by atoms with E-state index in [0.29, 0.717) is 0 Å². The van der Waals surface area contributed by atoms with Gasteiger partial charge >= 0.3 is 0 Å². The van der Waals surface area contributed by atoms with Crippen molar-refractivity contribution in [1.29, 1.82) is 0 Å². The highest BCUT2D eigenvalue weighted by atomic mass is 16.6. The smallest absolute Gasteiger partial charge is 0.281 e. The predicted molar refractivity (Wildman–Crippen MR) is 85.4 cm³/mol. The van der Waals surface area contributed by atoms with Gasteiger partial charge < -0.3 is 10.2 Å². The summed E-state index contributed by atoms with van der Waals surface area (Å²) >= 11 is 0. The molecule has 0 bridgehead atoms. The Bertz CT molecular complexity index is 959. The van der Waals surface area contributed by atoms with Crippen LogP contribution in [0.4, 0.5) is 5.69 Å². The van der Waals surface area contributed by atoms with E-state index in [1.807, 2.05) is 0 Å². The largest absolute Gasteiger partial charge is 0.511 e. The maximum Gasteiger partial charge on any atom is 0.281 e. The lowest BCUT2D eigenvalue weighted by Gasteiger charge is -2.31. The molecule has 2 aliphatic rings. The van der Waals surface area contributed by atoms with Crippen molar-refractivity contribution in [2.24, 2.45) is 11.8 Å². The number of nitro groups is 2. The topological polar surface area (TPSA) is 161 Å². The van der Waals surface area contributed by atoms with Gasteiger partial charge in [0.1, 0.15) is 28.9 Å². The fraction of sp³-hybridized carbons (Fsp3) is 0.250. The van der Waals surface area contributed by atoms with E-state index < -0.39 is 67.3 Å². The first kappa shape index (κ1) is 17.3. The Labute approximate surface area is 145 Å². The molecule has 0 spiro atoms. The molecule has 10 heteroatoms. The minimum atomic E-state index is -1.65. The molecule has 2 atom stereocenters. The Hall–Kier alpha value is -3.56. The van der Waals surface area contributed by atoms with Crippen molar-refractivity contribution in [1.82, 2.24) is 0 Å². The van der Waals surface area contributed by atoms with Crippen LogP contribution >= 0.6 is 0 Å². The van der Waals surface area contributed by atoms with Crippen LogP contribution < -0.4 is 0 Å². The second kappa shape index (κ2) is 5.76. The molecular formula is C16H12N2O8. The molecule has 1 aromatic carbocycles. The highest BCUT2D eigenvalue weighted by Gasteiger charge is 2.55.